The van der Waals surface area contributed by atoms with Crippen molar-refractivity contribution in [1.29, 1.82) is 0 Å². The molecule has 0 bridgehead atoms. The van der Waals surface area contributed by atoms with E-state index in [1.807, 2.05) is 30.3 Å². The number of hydrogen-bond acceptors (Lipinski definition) is 3. The number of nitrogens with zero attached hydrogens (tertiary/aromatic N) is 2. The van der Waals surface area contributed by atoms with Crippen LogP contribution in [-0.4, -0.2) is 30.0 Å². The molecule has 0 saturated carbocycles. The zero-order chi connectivity index (χ0) is 17.1. The number of nitrogens with one attached hydrogen (secondary N) is 1. The summed E-state index contributed by atoms with van der Waals surface area (Å²) in [5, 5.41) is 10.3. The molecule has 0 radical (unpaired) electrons. The quantitative estimate of drug-likeness (QED) is 0.866. The molecule has 1 heterocycles. The first-order valence-electron chi connectivity index (χ1n) is 7.92. The van der Waals surface area contributed by atoms with Gasteiger partial charge in [-0.2, -0.15) is 5.10 Å². The van der Waals surface area contributed by atoms with Crippen molar-refractivity contribution in [1.82, 2.24) is 10.3 Å². The molecule has 0 fully saturated rings. The van der Waals surface area contributed by atoms with Gasteiger partial charge in [0, 0.05) is 13.5 Å². The summed E-state index contributed by atoms with van der Waals surface area (Å²) in [4.78, 5) is 0. The summed E-state index contributed by atoms with van der Waals surface area (Å²) in [5.74, 6) is 0.839. The lowest BCUT2D eigenvalue weighted by Gasteiger charge is -2.24. The summed E-state index contributed by atoms with van der Waals surface area (Å²) >= 11 is 5.45. The second kappa shape index (κ2) is 7.01. The minimum Gasteiger partial charge on any atom is -0.497 e. The number of hydrogen-bond donors (Lipinski definition) is 1. The van der Waals surface area contributed by atoms with Gasteiger partial charge in [0.05, 0.1) is 18.9 Å². The van der Waals surface area contributed by atoms with Crippen LogP contribution in [0.2, 0.25) is 0 Å². The van der Waals surface area contributed by atoms with Gasteiger partial charge in [-0.1, -0.05) is 42.0 Å². The monoisotopic (exact) mass is 339 g/mol. The van der Waals surface area contributed by atoms with Gasteiger partial charge in [0.1, 0.15) is 5.75 Å². The largest absolute Gasteiger partial charge is 0.497 e. The van der Waals surface area contributed by atoms with Gasteiger partial charge >= 0.3 is 0 Å². The van der Waals surface area contributed by atoms with Gasteiger partial charge in [-0.15, -0.1) is 0 Å². The zero-order valence-electron chi connectivity index (χ0n) is 14.1. The Morgan fingerprint density at radius 2 is 2.00 bits per heavy atom. The lowest BCUT2D eigenvalue weighted by atomic mass is 9.98. The molecule has 2 aromatic carbocycles. The highest BCUT2D eigenvalue weighted by molar-refractivity contribution is 7.80. The van der Waals surface area contributed by atoms with E-state index in [9.17, 15) is 0 Å². The van der Waals surface area contributed by atoms with Gasteiger partial charge in [0.25, 0.3) is 0 Å². The van der Waals surface area contributed by atoms with E-state index in [1.165, 1.54) is 5.56 Å². The molecule has 0 aliphatic carbocycles. The number of aryl methyl sites for hydroxylation is 1. The molecule has 0 aromatic heterocycles. The Morgan fingerprint density at radius 1 is 1.25 bits per heavy atom. The molecular formula is C19H21N3OS. The Balaban J connectivity index is 1.95. The Bertz CT molecular complexity index is 770. The molecule has 0 saturated heterocycles. The van der Waals surface area contributed by atoms with Crippen molar-refractivity contribution in [3.8, 4) is 5.75 Å². The maximum absolute atomic E-state index is 5.45. The molecule has 3 rings (SSSR count). The number of rotatable bonds is 3. The summed E-state index contributed by atoms with van der Waals surface area (Å²) in [7, 11) is 3.50. The second-order valence-corrected chi connectivity index (χ2v) is 6.20. The number of methoxy groups -OCH3 is 1. The summed E-state index contributed by atoms with van der Waals surface area (Å²) in [6, 6.07) is 16.6. The molecule has 0 amide bonds. The van der Waals surface area contributed by atoms with Gasteiger partial charge in [-0.3, -0.25) is 0 Å². The van der Waals surface area contributed by atoms with E-state index in [-0.39, 0.29) is 6.04 Å². The molecule has 1 aliphatic heterocycles. The predicted molar refractivity (Wildman–Crippen MR) is 102 cm³/mol. The summed E-state index contributed by atoms with van der Waals surface area (Å²) < 4.78 is 5.36. The number of hydrazone groups is 1. The van der Waals surface area contributed by atoms with Crippen molar-refractivity contribution < 1.29 is 4.74 Å². The van der Waals surface area contributed by atoms with Crippen LogP contribution in [-0.2, 0) is 0 Å². The van der Waals surface area contributed by atoms with Gasteiger partial charge in [-0.25, -0.2) is 5.01 Å². The summed E-state index contributed by atoms with van der Waals surface area (Å²) in [5.41, 5.74) is 4.55. The topological polar surface area (TPSA) is 36.9 Å². The number of benzene rings is 2. The molecule has 24 heavy (non-hydrogen) atoms. The summed E-state index contributed by atoms with van der Waals surface area (Å²) in [6.45, 7) is 2.09. The predicted octanol–water partition coefficient (Wildman–Crippen LogP) is 3.66. The smallest absolute Gasteiger partial charge is 0.189 e. The van der Waals surface area contributed by atoms with Crippen molar-refractivity contribution in [3.05, 3.63) is 65.2 Å². The van der Waals surface area contributed by atoms with Gasteiger partial charge in [0.2, 0.25) is 0 Å². The van der Waals surface area contributed by atoms with Crippen LogP contribution in [0.15, 0.2) is 53.6 Å². The molecule has 124 valence electrons. The van der Waals surface area contributed by atoms with E-state index >= 15 is 0 Å². The summed E-state index contributed by atoms with van der Waals surface area (Å²) in [6.07, 6.45) is 0.804. The highest BCUT2D eigenvalue weighted by Gasteiger charge is 2.31. The first-order valence-corrected chi connectivity index (χ1v) is 8.32. The average molecular weight is 339 g/mol. The molecule has 5 heteroatoms. The maximum Gasteiger partial charge on any atom is 0.189 e. The number of thiocarbonyl (C=S) groups is 1. The Hall–Kier alpha value is -2.40. The number of ether oxygens (including phenoxy) is 1. The third-order valence-electron chi connectivity index (χ3n) is 4.20. The lowest BCUT2D eigenvalue weighted by Crippen LogP contribution is -2.34. The van der Waals surface area contributed by atoms with Crippen molar-refractivity contribution >= 4 is 23.0 Å². The van der Waals surface area contributed by atoms with E-state index in [0.29, 0.717) is 5.11 Å². The standard InChI is InChI=1S/C19H21N3OS/c1-13-7-9-14(10-8-13)17-12-18(22(21-17)19(24)20-2)15-5-4-6-16(11-15)23-3/h4-11,18H,12H2,1-3H3,(H,20,24)/t18-/m0/s1. The Kier molecular flexibility index (Phi) is 4.81. The first-order chi connectivity index (χ1) is 11.6. The third-order valence-corrected chi connectivity index (χ3v) is 4.59. The van der Waals surface area contributed by atoms with E-state index < -0.39 is 0 Å². The van der Waals surface area contributed by atoms with Crippen molar-refractivity contribution in [2.24, 2.45) is 5.10 Å². The highest BCUT2D eigenvalue weighted by Crippen LogP contribution is 2.34. The minimum absolute atomic E-state index is 0.0661. The van der Waals surface area contributed by atoms with E-state index in [2.05, 4.69) is 42.6 Å². The first kappa shape index (κ1) is 16.5. The van der Waals surface area contributed by atoms with Gasteiger partial charge in [0.15, 0.2) is 5.11 Å². The molecule has 4 nitrogen and oxygen atoms in total. The van der Waals surface area contributed by atoms with Crippen LogP contribution in [0.5, 0.6) is 5.75 Å². The minimum atomic E-state index is 0.0661. The third kappa shape index (κ3) is 3.26. The van der Waals surface area contributed by atoms with Crippen LogP contribution < -0.4 is 10.1 Å². The molecule has 1 atom stereocenters. The Morgan fingerprint density at radius 3 is 2.67 bits per heavy atom. The van der Waals surface area contributed by atoms with Crippen LogP contribution in [0.1, 0.15) is 29.2 Å². The fourth-order valence-electron chi connectivity index (χ4n) is 2.84. The maximum atomic E-state index is 5.45. The zero-order valence-corrected chi connectivity index (χ0v) is 14.9. The van der Waals surface area contributed by atoms with Crippen LogP contribution >= 0.6 is 12.2 Å². The normalized spacial score (nSPS) is 16.7. The van der Waals surface area contributed by atoms with Crippen LogP contribution in [0, 0.1) is 6.92 Å². The molecule has 0 unspecified atom stereocenters. The average Bonchev–Trinajstić information content (AvgIpc) is 3.07. The molecular weight excluding hydrogens is 318 g/mol. The van der Waals surface area contributed by atoms with Crippen molar-refractivity contribution in [2.45, 2.75) is 19.4 Å². The van der Waals surface area contributed by atoms with E-state index in [4.69, 9.17) is 22.1 Å². The molecule has 1 N–H and O–H groups in total. The molecule has 0 spiro atoms. The lowest BCUT2D eigenvalue weighted by molar-refractivity contribution is 0.363. The van der Waals surface area contributed by atoms with Gasteiger partial charge < -0.3 is 10.1 Å². The Labute approximate surface area is 148 Å². The van der Waals surface area contributed by atoms with E-state index in [0.717, 1.165) is 29.0 Å². The highest BCUT2D eigenvalue weighted by atomic mass is 32.1. The fraction of sp³-hybridized carbons (Fsp3) is 0.263. The van der Waals surface area contributed by atoms with Crippen molar-refractivity contribution in [2.75, 3.05) is 14.2 Å². The fourth-order valence-corrected chi connectivity index (χ4v) is 3.01. The van der Waals surface area contributed by atoms with E-state index in [1.54, 1.807) is 7.11 Å². The SMILES string of the molecule is CNC(=S)N1N=C(c2ccc(C)cc2)C[C@H]1c1cccc(OC)c1. The van der Waals surface area contributed by atoms with Crippen LogP contribution in [0.4, 0.5) is 0 Å². The second-order valence-electron chi connectivity index (χ2n) is 5.81. The van der Waals surface area contributed by atoms with Gasteiger partial charge in [-0.05, 0) is 42.4 Å². The molecule has 2 aromatic rings. The van der Waals surface area contributed by atoms with Crippen molar-refractivity contribution in [3.63, 3.8) is 0 Å². The van der Waals surface area contributed by atoms with Crippen LogP contribution in [0.25, 0.3) is 0 Å². The molecule has 1 aliphatic rings. The van der Waals surface area contributed by atoms with Crippen LogP contribution in [0.3, 0.4) is 0 Å².